The molecule has 0 aliphatic carbocycles. The van der Waals surface area contributed by atoms with Crippen molar-refractivity contribution in [1.29, 1.82) is 0 Å². The predicted molar refractivity (Wildman–Crippen MR) is 116 cm³/mol. The molecule has 0 spiro atoms. The van der Waals surface area contributed by atoms with E-state index in [4.69, 9.17) is 0 Å². The quantitative estimate of drug-likeness (QED) is 0.528. The molecule has 3 aromatic rings. The molecule has 0 fully saturated rings. The van der Waals surface area contributed by atoms with Crippen LogP contribution in [0.25, 0.3) is 0 Å². The van der Waals surface area contributed by atoms with Gasteiger partial charge in [-0.05, 0) is 26.8 Å². The highest BCUT2D eigenvalue weighted by Crippen LogP contribution is 2.17. The van der Waals surface area contributed by atoms with E-state index in [-0.39, 0.29) is 16.4 Å². The smallest absolute Gasteiger partial charge is 0.159 e. The van der Waals surface area contributed by atoms with Gasteiger partial charge in [0, 0.05) is 23.2 Å². The van der Waals surface area contributed by atoms with Gasteiger partial charge >= 0.3 is 0 Å². The Morgan fingerprint density at radius 2 is 1.03 bits per heavy atom. The normalized spacial score (nSPS) is 11.7. The Labute approximate surface area is 179 Å². The van der Waals surface area contributed by atoms with Gasteiger partial charge in [0.1, 0.15) is 11.6 Å². The van der Waals surface area contributed by atoms with E-state index < -0.39 is 5.82 Å². The Balaban J connectivity index is 0.000000226. The first-order valence-electron chi connectivity index (χ1n) is 9.83. The Hall–Kier alpha value is -2.77. The van der Waals surface area contributed by atoms with E-state index >= 15 is 0 Å². The molecule has 0 atom stereocenters. The minimum absolute atomic E-state index is 0.0174. The van der Waals surface area contributed by atoms with Crippen LogP contribution >= 0.6 is 0 Å². The molecule has 0 saturated heterocycles. The first kappa shape index (κ1) is 25.3. The molecule has 0 N–H and O–H groups in total. The van der Waals surface area contributed by atoms with E-state index in [1.165, 1.54) is 12.4 Å². The van der Waals surface area contributed by atoms with Gasteiger partial charge in [-0.1, -0.05) is 41.5 Å². The monoisotopic (exact) mass is 415 g/mol. The predicted octanol–water partition coefficient (Wildman–Crippen LogP) is 4.72. The summed E-state index contributed by atoms with van der Waals surface area (Å²) in [6.45, 7) is 18.4. The number of hydrogen-bond acceptors (Lipinski definition) is 6. The zero-order valence-corrected chi connectivity index (χ0v) is 19.5. The van der Waals surface area contributed by atoms with Crippen molar-refractivity contribution in [3.05, 3.63) is 60.7 Å². The molecule has 0 saturated carbocycles. The van der Waals surface area contributed by atoms with Crippen LogP contribution in [-0.2, 0) is 16.4 Å². The van der Waals surface area contributed by atoms with Crippen molar-refractivity contribution in [3.8, 4) is 0 Å². The number of nitrogens with zero attached hydrogens (tertiary/aromatic N) is 7. The Kier molecular flexibility index (Phi) is 8.69. The average Bonchev–Trinajstić information content (AvgIpc) is 3.18. The molecule has 8 heteroatoms. The Bertz CT molecular complexity index is 842. The molecule has 3 heterocycles. The van der Waals surface area contributed by atoms with E-state index in [0.29, 0.717) is 5.82 Å². The van der Waals surface area contributed by atoms with Crippen LogP contribution < -0.4 is 0 Å². The zero-order chi connectivity index (χ0) is 23.0. The van der Waals surface area contributed by atoms with Gasteiger partial charge in [0.2, 0.25) is 0 Å². The van der Waals surface area contributed by atoms with Crippen molar-refractivity contribution in [1.82, 2.24) is 34.9 Å². The van der Waals surface area contributed by atoms with Crippen LogP contribution in [0.5, 0.6) is 0 Å². The fraction of sp³-hybridized carbons (Fsp3) is 0.545. The number of aromatic nitrogens is 7. The second-order valence-corrected chi connectivity index (χ2v) is 9.79. The number of rotatable bonds is 0. The summed E-state index contributed by atoms with van der Waals surface area (Å²) < 4.78 is 12.3. The third-order valence-electron chi connectivity index (χ3n) is 3.55. The van der Waals surface area contributed by atoms with Crippen molar-refractivity contribution in [2.45, 2.75) is 78.7 Å². The van der Waals surface area contributed by atoms with Crippen molar-refractivity contribution in [2.24, 2.45) is 0 Å². The van der Waals surface area contributed by atoms with E-state index in [0.717, 1.165) is 5.82 Å². The van der Waals surface area contributed by atoms with E-state index in [1.807, 2.05) is 26.8 Å². The maximum Gasteiger partial charge on any atom is 0.159 e. The number of halogens is 1. The van der Waals surface area contributed by atoms with Crippen LogP contribution in [0.3, 0.4) is 0 Å². The molecule has 0 aromatic carbocycles. The van der Waals surface area contributed by atoms with Gasteiger partial charge in [0.05, 0.1) is 30.3 Å². The number of hydrogen-bond donors (Lipinski definition) is 0. The Morgan fingerprint density at radius 1 is 0.633 bits per heavy atom. The molecule has 0 radical (unpaired) electrons. The molecule has 3 aromatic heterocycles. The molecule has 3 rings (SSSR count). The highest BCUT2D eigenvalue weighted by atomic mass is 19.1. The van der Waals surface area contributed by atoms with Gasteiger partial charge in [-0.2, -0.15) is 15.0 Å². The third kappa shape index (κ3) is 9.15. The summed E-state index contributed by atoms with van der Waals surface area (Å²) in [6.07, 6.45) is 9.29. The van der Waals surface area contributed by atoms with Gasteiger partial charge in [-0.25, -0.2) is 24.3 Å². The van der Waals surface area contributed by atoms with E-state index in [2.05, 4.69) is 71.7 Å². The van der Waals surface area contributed by atoms with E-state index in [1.54, 1.807) is 29.6 Å². The second-order valence-electron chi connectivity index (χ2n) is 9.79. The van der Waals surface area contributed by atoms with Crippen LogP contribution in [-0.4, -0.2) is 34.9 Å². The molecule has 0 aliphatic rings. The van der Waals surface area contributed by atoms with Crippen LogP contribution in [0.1, 0.15) is 74.0 Å². The summed E-state index contributed by atoms with van der Waals surface area (Å²) in [6, 6.07) is 1.83. The maximum absolute atomic E-state index is 12.3. The topological polar surface area (TPSA) is 82.3 Å². The van der Waals surface area contributed by atoms with Crippen molar-refractivity contribution in [2.75, 3.05) is 0 Å². The van der Waals surface area contributed by atoms with Crippen LogP contribution in [0.2, 0.25) is 0 Å². The summed E-state index contributed by atoms with van der Waals surface area (Å²) in [7, 11) is 0. The fourth-order valence-electron chi connectivity index (χ4n) is 1.95. The standard InChI is InChI=1S/C8H11FN2.C8H12N2.C6H11N3/c1-8(2,3)7-10-4-6(9)5-11-7;1-8(2,3)7-9-5-4-6-10-7;1-6(2,3)9-7-4-5-8-9/h4-5H,1-3H3;4-6H,1-3H3;4-5H,1-3H3. The van der Waals surface area contributed by atoms with Crippen molar-refractivity contribution in [3.63, 3.8) is 0 Å². The molecule has 0 unspecified atom stereocenters. The van der Waals surface area contributed by atoms with Crippen molar-refractivity contribution < 1.29 is 4.39 Å². The minimum Gasteiger partial charge on any atom is -0.241 e. The fourth-order valence-corrected chi connectivity index (χ4v) is 1.95. The van der Waals surface area contributed by atoms with Crippen molar-refractivity contribution >= 4 is 0 Å². The van der Waals surface area contributed by atoms with Gasteiger partial charge in [-0.3, -0.25) is 0 Å². The lowest BCUT2D eigenvalue weighted by molar-refractivity contribution is 0.312. The summed E-state index contributed by atoms with van der Waals surface area (Å²) in [5, 5.41) is 7.99. The summed E-state index contributed by atoms with van der Waals surface area (Å²) >= 11 is 0. The SMILES string of the molecule is CC(C)(C)c1ncc(F)cn1.CC(C)(C)c1ncccn1.CC(C)(C)n1nccn1. The van der Waals surface area contributed by atoms with Crippen LogP contribution in [0.4, 0.5) is 4.39 Å². The third-order valence-corrected chi connectivity index (χ3v) is 3.55. The van der Waals surface area contributed by atoms with Crippen LogP contribution in [0, 0.1) is 5.82 Å². The summed E-state index contributed by atoms with van der Waals surface area (Å²) in [4.78, 5) is 17.7. The lowest BCUT2D eigenvalue weighted by Gasteiger charge is -2.16. The molecule has 7 nitrogen and oxygen atoms in total. The molecular formula is C22H34FN7. The van der Waals surface area contributed by atoms with Crippen LogP contribution in [0.15, 0.2) is 43.2 Å². The highest BCUT2D eigenvalue weighted by molar-refractivity contribution is 5.02. The molecular weight excluding hydrogens is 381 g/mol. The van der Waals surface area contributed by atoms with Gasteiger partial charge in [0.15, 0.2) is 5.82 Å². The first-order valence-corrected chi connectivity index (χ1v) is 9.83. The largest absolute Gasteiger partial charge is 0.241 e. The second kappa shape index (κ2) is 10.3. The average molecular weight is 416 g/mol. The van der Waals surface area contributed by atoms with E-state index in [9.17, 15) is 4.39 Å². The molecule has 0 amide bonds. The minimum atomic E-state index is -0.391. The summed E-state index contributed by atoms with van der Waals surface area (Å²) in [5.41, 5.74) is -0.0154. The first-order chi connectivity index (χ1) is 13.7. The molecule has 0 bridgehead atoms. The molecule has 164 valence electrons. The van der Waals surface area contributed by atoms with Gasteiger partial charge in [-0.15, -0.1) is 0 Å². The molecule has 0 aliphatic heterocycles. The Morgan fingerprint density at radius 3 is 1.33 bits per heavy atom. The lowest BCUT2D eigenvalue weighted by atomic mass is 9.96. The maximum atomic E-state index is 12.3. The van der Waals surface area contributed by atoms with Gasteiger partial charge < -0.3 is 0 Å². The van der Waals surface area contributed by atoms with Gasteiger partial charge in [0.25, 0.3) is 0 Å². The zero-order valence-electron chi connectivity index (χ0n) is 19.5. The molecule has 30 heavy (non-hydrogen) atoms. The highest BCUT2D eigenvalue weighted by Gasteiger charge is 2.16. The summed E-state index contributed by atoms with van der Waals surface area (Å²) in [5.74, 6) is 1.17. The lowest BCUT2D eigenvalue weighted by Crippen LogP contribution is -2.24.